The molecule has 1 atom stereocenters. The number of carbonyl (C=O) groups is 1. The van der Waals surface area contributed by atoms with Gasteiger partial charge in [0.25, 0.3) is 5.91 Å². The van der Waals surface area contributed by atoms with Crippen LogP contribution in [0.25, 0.3) is 0 Å². The third-order valence-electron chi connectivity index (χ3n) is 4.13. The highest BCUT2D eigenvalue weighted by Crippen LogP contribution is 2.43. The summed E-state index contributed by atoms with van der Waals surface area (Å²) in [4.78, 5) is 12.9. The van der Waals surface area contributed by atoms with Gasteiger partial charge in [0.2, 0.25) is 0 Å². The van der Waals surface area contributed by atoms with Gasteiger partial charge in [-0.25, -0.2) is 0 Å². The highest BCUT2D eigenvalue weighted by atomic mass is 32.1. The molecule has 1 N–H and O–H groups in total. The molecule has 1 aromatic heterocycles. The lowest BCUT2D eigenvalue weighted by Crippen LogP contribution is -2.26. The van der Waals surface area contributed by atoms with Crippen LogP contribution in [-0.2, 0) is 22.4 Å². The van der Waals surface area contributed by atoms with Crippen LogP contribution in [0, 0.1) is 22.7 Å². The SMILES string of the molecule is COCC(=O)Nc1sc2c(c1C#N)CC[C@@H](C(C)(C)C)C2. The van der Waals surface area contributed by atoms with Gasteiger partial charge in [-0.15, -0.1) is 11.3 Å². The monoisotopic (exact) mass is 306 g/mol. The molecule has 0 saturated heterocycles. The van der Waals surface area contributed by atoms with Crippen LogP contribution in [0.5, 0.6) is 0 Å². The van der Waals surface area contributed by atoms with Gasteiger partial charge >= 0.3 is 0 Å². The maximum Gasteiger partial charge on any atom is 0.250 e. The smallest absolute Gasteiger partial charge is 0.250 e. The first-order chi connectivity index (χ1) is 9.86. The highest BCUT2D eigenvalue weighted by Gasteiger charge is 2.32. The van der Waals surface area contributed by atoms with Gasteiger partial charge in [-0.05, 0) is 36.2 Å². The van der Waals surface area contributed by atoms with Crippen molar-refractivity contribution in [2.24, 2.45) is 11.3 Å². The third kappa shape index (κ3) is 3.45. The first kappa shape index (κ1) is 16.0. The molecule has 0 bridgehead atoms. The fraction of sp³-hybridized carbons (Fsp3) is 0.625. The van der Waals surface area contributed by atoms with Crippen LogP contribution in [0.4, 0.5) is 5.00 Å². The Labute approximate surface area is 130 Å². The van der Waals surface area contributed by atoms with Crippen molar-refractivity contribution in [2.45, 2.75) is 40.0 Å². The summed E-state index contributed by atoms with van der Waals surface area (Å²) in [7, 11) is 1.48. The lowest BCUT2D eigenvalue weighted by Gasteiger charge is -2.33. The second-order valence-corrected chi connectivity index (χ2v) is 7.71. The van der Waals surface area contributed by atoms with Gasteiger partial charge in [0, 0.05) is 12.0 Å². The van der Waals surface area contributed by atoms with Gasteiger partial charge in [0.1, 0.15) is 17.7 Å². The van der Waals surface area contributed by atoms with Crippen molar-refractivity contribution in [1.29, 1.82) is 5.26 Å². The Hall–Kier alpha value is -1.38. The summed E-state index contributed by atoms with van der Waals surface area (Å²) in [5.41, 5.74) is 2.05. The molecule has 0 spiro atoms. The molecular weight excluding hydrogens is 284 g/mol. The number of anilines is 1. The lowest BCUT2D eigenvalue weighted by atomic mass is 9.72. The molecule has 5 heteroatoms. The number of fused-ring (bicyclic) bond motifs is 1. The van der Waals surface area contributed by atoms with Gasteiger partial charge < -0.3 is 10.1 Å². The van der Waals surface area contributed by atoms with E-state index < -0.39 is 0 Å². The number of hydrogen-bond acceptors (Lipinski definition) is 4. The normalized spacial score (nSPS) is 18.0. The maximum absolute atomic E-state index is 11.7. The van der Waals surface area contributed by atoms with Crippen molar-refractivity contribution in [3.05, 3.63) is 16.0 Å². The van der Waals surface area contributed by atoms with Crippen molar-refractivity contribution in [3.63, 3.8) is 0 Å². The largest absolute Gasteiger partial charge is 0.375 e. The number of nitrogens with zero attached hydrogens (tertiary/aromatic N) is 1. The summed E-state index contributed by atoms with van der Waals surface area (Å²) in [5.74, 6) is 0.415. The topological polar surface area (TPSA) is 62.1 Å². The average molecular weight is 306 g/mol. The van der Waals surface area contributed by atoms with Crippen LogP contribution >= 0.6 is 11.3 Å². The number of nitriles is 1. The zero-order chi connectivity index (χ0) is 15.6. The van der Waals surface area contributed by atoms with Crippen LogP contribution in [-0.4, -0.2) is 19.6 Å². The van der Waals surface area contributed by atoms with E-state index in [4.69, 9.17) is 4.74 Å². The van der Waals surface area contributed by atoms with Gasteiger partial charge in [-0.1, -0.05) is 20.8 Å². The molecule has 2 rings (SSSR count). The third-order valence-corrected chi connectivity index (χ3v) is 5.30. The predicted octanol–water partition coefficient (Wildman–Crippen LogP) is 3.36. The summed E-state index contributed by atoms with van der Waals surface area (Å²) in [6.07, 6.45) is 3.03. The molecule has 0 radical (unpaired) electrons. The number of amides is 1. The molecule has 114 valence electrons. The Balaban J connectivity index is 2.26. The van der Waals surface area contributed by atoms with E-state index in [0.29, 0.717) is 16.5 Å². The Morgan fingerprint density at radius 2 is 2.24 bits per heavy atom. The van der Waals surface area contributed by atoms with E-state index in [0.717, 1.165) is 24.8 Å². The molecule has 1 amide bonds. The Kier molecular flexibility index (Phi) is 4.70. The molecule has 21 heavy (non-hydrogen) atoms. The molecule has 1 heterocycles. The van der Waals surface area contributed by atoms with Crippen LogP contribution in [0.1, 0.15) is 43.2 Å². The van der Waals surface area contributed by atoms with Crippen molar-refractivity contribution < 1.29 is 9.53 Å². The van der Waals surface area contributed by atoms with Gasteiger partial charge in [0.15, 0.2) is 0 Å². The maximum atomic E-state index is 11.7. The Morgan fingerprint density at radius 3 is 2.81 bits per heavy atom. The summed E-state index contributed by atoms with van der Waals surface area (Å²) >= 11 is 1.55. The van der Waals surface area contributed by atoms with Crippen molar-refractivity contribution >= 4 is 22.2 Å². The molecule has 1 aliphatic carbocycles. The van der Waals surface area contributed by atoms with Crippen LogP contribution < -0.4 is 5.32 Å². The first-order valence-corrected chi connectivity index (χ1v) is 8.02. The van der Waals surface area contributed by atoms with Gasteiger partial charge in [-0.2, -0.15) is 5.26 Å². The lowest BCUT2D eigenvalue weighted by molar-refractivity contribution is -0.119. The zero-order valence-electron chi connectivity index (χ0n) is 13.1. The van der Waals surface area contributed by atoms with Crippen molar-refractivity contribution in [1.82, 2.24) is 0 Å². The Morgan fingerprint density at radius 1 is 1.52 bits per heavy atom. The minimum atomic E-state index is -0.208. The molecule has 1 aliphatic rings. The molecular formula is C16H22N2O2S. The minimum absolute atomic E-state index is 0.0120. The number of ether oxygens (including phenoxy) is 1. The molecule has 0 aromatic carbocycles. The van der Waals surface area contributed by atoms with Crippen molar-refractivity contribution in [2.75, 3.05) is 19.0 Å². The van der Waals surface area contributed by atoms with Crippen LogP contribution in [0.3, 0.4) is 0 Å². The van der Waals surface area contributed by atoms with E-state index in [1.807, 2.05) is 0 Å². The van der Waals surface area contributed by atoms with E-state index in [-0.39, 0.29) is 17.9 Å². The molecule has 1 aromatic rings. The molecule has 0 saturated carbocycles. The predicted molar refractivity (Wildman–Crippen MR) is 84.5 cm³/mol. The molecule has 0 fully saturated rings. The van der Waals surface area contributed by atoms with E-state index >= 15 is 0 Å². The van der Waals surface area contributed by atoms with Crippen LogP contribution in [0.2, 0.25) is 0 Å². The number of methoxy groups -OCH3 is 1. The van der Waals surface area contributed by atoms with Crippen molar-refractivity contribution in [3.8, 4) is 6.07 Å². The van der Waals surface area contributed by atoms with Gasteiger partial charge in [-0.3, -0.25) is 4.79 Å². The molecule has 0 unspecified atom stereocenters. The van der Waals surface area contributed by atoms with Crippen LogP contribution in [0.15, 0.2) is 0 Å². The van der Waals surface area contributed by atoms with E-state index in [2.05, 4.69) is 32.2 Å². The standard InChI is InChI=1S/C16H22N2O2S/c1-16(2,3)10-5-6-11-12(8-17)15(21-13(11)7-10)18-14(19)9-20-4/h10H,5-7,9H2,1-4H3,(H,18,19)/t10-/m1/s1. The number of carbonyl (C=O) groups excluding carboxylic acids is 1. The summed E-state index contributed by atoms with van der Waals surface area (Å²) in [5, 5.41) is 12.9. The molecule has 0 aliphatic heterocycles. The number of thiophene rings is 1. The second-order valence-electron chi connectivity index (χ2n) is 6.61. The highest BCUT2D eigenvalue weighted by molar-refractivity contribution is 7.16. The summed E-state index contributed by atoms with van der Waals surface area (Å²) in [6, 6.07) is 2.26. The zero-order valence-corrected chi connectivity index (χ0v) is 13.9. The second kappa shape index (κ2) is 6.17. The van der Waals surface area contributed by atoms with Gasteiger partial charge in [0.05, 0.1) is 5.56 Å². The van der Waals surface area contributed by atoms with E-state index in [9.17, 15) is 10.1 Å². The number of rotatable bonds is 3. The first-order valence-electron chi connectivity index (χ1n) is 7.20. The quantitative estimate of drug-likeness (QED) is 0.931. The molecule has 4 nitrogen and oxygen atoms in total. The Bertz CT molecular complexity index is 578. The fourth-order valence-electron chi connectivity index (χ4n) is 2.83. The fourth-order valence-corrected chi connectivity index (χ4v) is 4.12. The summed E-state index contributed by atoms with van der Waals surface area (Å²) in [6.45, 7) is 6.81. The van der Waals surface area contributed by atoms with E-state index in [1.165, 1.54) is 12.0 Å². The average Bonchev–Trinajstić information content (AvgIpc) is 2.73. The number of nitrogens with one attached hydrogen (secondary N) is 1. The minimum Gasteiger partial charge on any atom is -0.375 e. The summed E-state index contributed by atoms with van der Waals surface area (Å²) < 4.78 is 4.82. The number of hydrogen-bond donors (Lipinski definition) is 1. The van der Waals surface area contributed by atoms with E-state index in [1.54, 1.807) is 11.3 Å².